The molecule has 0 saturated carbocycles. The zero-order chi connectivity index (χ0) is 16.3. The lowest BCUT2D eigenvalue weighted by Gasteiger charge is -2.10. The number of nitrogens with one attached hydrogen (secondary N) is 1. The first-order valence-corrected chi connectivity index (χ1v) is 6.63. The number of benzene rings is 1. The number of hydrogen-bond donors (Lipinski definition) is 2. The van der Waals surface area contributed by atoms with Gasteiger partial charge in [-0.15, -0.1) is 0 Å². The second-order valence-corrected chi connectivity index (χ2v) is 4.92. The van der Waals surface area contributed by atoms with E-state index >= 15 is 0 Å². The summed E-state index contributed by atoms with van der Waals surface area (Å²) in [4.78, 5) is 22.7. The molecule has 7 nitrogen and oxygen atoms in total. The number of aromatic nitrogens is 2. The van der Waals surface area contributed by atoms with Gasteiger partial charge in [0.05, 0.1) is 11.3 Å². The molecule has 0 aliphatic heterocycles. The Kier molecular flexibility index (Phi) is 4.45. The fraction of sp³-hybridized carbons (Fsp3) is 0.267. The number of carbonyl (C=O) groups excluding carboxylic acids is 1. The molecular weight excluding hydrogens is 286 g/mol. The van der Waals surface area contributed by atoms with Crippen molar-refractivity contribution in [3.63, 3.8) is 0 Å². The molecule has 0 unspecified atom stereocenters. The van der Waals surface area contributed by atoms with E-state index in [4.69, 9.17) is 9.84 Å². The molecule has 0 bridgehead atoms. The minimum Gasteiger partial charge on any atom is -0.482 e. The van der Waals surface area contributed by atoms with Crippen molar-refractivity contribution < 1.29 is 19.4 Å². The van der Waals surface area contributed by atoms with Crippen molar-refractivity contribution in [1.29, 1.82) is 0 Å². The number of aryl methyl sites for hydroxylation is 3. The number of carboxylic acid groups (broad SMARTS) is 1. The van der Waals surface area contributed by atoms with Crippen molar-refractivity contribution in [3.05, 3.63) is 41.2 Å². The average Bonchev–Trinajstić information content (AvgIpc) is 2.78. The molecule has 0 aliphatic carbocycles. The van der Waals surface area contributed by atoms with Crippen LogP contribution in [0.3, 0.4) is 0 Å². The van der Waals surface area contributed by atoms with E-state index in [1.165, 1.54) is 0 Å². The number of carboxylic acids is 1. The summed E-state index contributed by atoms with van der Waals surface area (Å²) in [6, 6.07) is 4.96. The molecule has 1 amide bonds. The fourth-order valence-corrected chi connectivity index (χ4v) is 2.02. The number of nitrogens with zero attached hydrogens (tertiary/aromatic N) is 2. The Balaban J connectivity index is 2.11. The predicted molar refractivity (Wildman–Crippen MR) is 80.2 cm³/mol. The molecule has 2 rings (SSSR count). The molecule has 1 aromatic carbocycles. The Morgan fingerprint density at radius 2 is 2.09 bits per heavy atom. The smallest absolute Gasteiger partial charge is 0.341 e. The Hall–Kier alpha value is -2.83. The van der Waals surface area contributed by atoms with E-state index in [9.17, 15) is 9.59 Å². The number of rotatable bonds is 5. The van der Waals surface area contributed by atoms with Crippen molar-refractivity contribution >= 4 is 17.6 Å². The first-order chi connectivity index (χ1) is 10.4. The minimum absolute atomic E-state index is 0.243. The molecule has 2 aromatic rings. The van der Waals surface area contributed by atoms with Gasteiger partial charge in [-0.2, -0.15) is 5.10 Å². The maximum absolute atomic E-state index is 12.2. The average molecular weight is 303 g/mol. The Morgan fingerprint density at radius 1 is 1.36 bits per heavy atom. The Morgan fingerprint density at radius 3 is 2.64 bits per heavy atom. The molecule has 22 heavy (non-hydrogen) atoms. The number of aliphatic carboxylic acids is 1. The van der Waals surface area contributed by atoms with Crippen LogP contribution in [0.2, 0.25) is 0 Å². The molecule has 1 aromatic heterocycles. The Bertz CT molecular complexity index is 722. The highest BCUT2D eigenvalue weighted by atomic mass is 16.5. The van der Waals surface area contributed by atoms with Crippen molar-refractivity contribution in [2.24, 2.45) is 7.05 Å². The van der Waals surface area contributed by atoms with E-state index in [0.717, 1.165) is 5.56 Å². The summed E-state index contributed by atoms with van der Waals surface area (Å²) >= 11 is 0. The van der Waals surface area contributed by atoms with Crippen molar-refractivity contribution in [1.82, 2.24) is 9.78 Å². The molecule has 2 N–H and O–H groups in total. The fourth-order valence-electron chi connectivity index (χ4n) is 2.02. The van der Waals surface area contributed by atoms with E-state index < -0.39 is 12.6 Å². The van der Waals surface area contributed by atoms with E-state index in [2.05, 4.69) is 10.4 Å². The highest BCUT2D eigenvalue weighted by Crippen LogP contribution is 2.22. The van der Waals surface area contributed by atoms with E-state index in [-0.39, 0.29) is 5.91 Å². The van der Waals surface area contributed by atoms with Crippen LogP contribution in [0.1, 0.15) is 21.6 Å². The monoisotopic (exact) mass is 303 g/mol. The number of hydrogen-bond acceptors (Lipinski definition) is 4. The first kappa shape index (κ1) is 15.6. The normalized spacial score (nSPS) is 10.3. The lowest BCUT2D eigenvalue weighted by atomic mass is 10.1. The molecule has 1 heterocycles. The van der Waals surface area contributed by atoms with Gasteiger partial charge in [0.2, 0.25) is 0 Å². The number of anilines is 1. The standard InChI is InChI=1S/C15H17N3O4/c1-9-6-11(22-8-14(19)20)4-5-13(9)16-15(21)12-7-18(3)17-10(12)2/h4-7H,8H2,1-3H3,(H,16,21)(H,19,20). The maximum atomic E-state index is 12.2. The summed E-state index contributed by atoms with van der Waals surface area (Å²) in [6.07, 6.45) is 1.66. The Labute approximate surface area is 127 Å². The van der Waals surface area contributed by atoms with Crippen LogP contribution in [0, 0.1) is 13.8 Å². The minimum atomic E-state index is -1.04. The van der Waals surface area contributed by atoms with Crippen LogP contribution in [0.15, 0.2) is 24.4 Å². The van der Waals surface area contributed by atoms with Gasteiger partial charge in [-0.05, 0) is 37.6 Å². The van der Waals surface area contributed by atoms with Crippen LogP contribution >= 0.6 is 0 Å². The lowest BCUT2D eigenvalue weighted by Crippen LogP contribution is -2.13. The van der Waals surface area contributed by atoms with Crippen LogP contribution in [0.4, 0.5) is 5.69 Å². The molecule has 0 saturated heterocycles. The van der Waals surface area contributed by atoms with E-state index in [1.807, 2.05) is 0 Å². The highest BCUT2D eigenvalue weighted by Gasteiger charge is 2.14. The van der Waals surface area contributed by atoms with Gasteiger partial charge in [0.15, 0.2) is 6.61 Å². The van der Waals surface area contributed by atoms with E-state index in [1.54, 1.807) is 50.0 Å². The van der Waals surface area contributed by atoms with E-state index in [0.29, 0.717) is 22.7 Å². The predicted octanol–water partition coefficient (Wildman–Crippen LogP) is 1.75. The van der Waals surface area contributed by atoms with Crippen molar-refractivity contribution in [3.8, 4) is 5.75 Å². The van der Waals surface area contributed by atoms with Gasteiger partial charge in [0.25, 0.3) is 5.91 Å². The van der Waals surface area contributed by atoms with Crippen LogP contribution in [0.5, 0.6) is 5.75 Å². The first-order valence-electron chi connectivity index (χ1n) is 6.63. The maximum Gasteiger partial charge on any atom is 0.341 e. The number of amides is 1. The SMILES string of the molecule is Cc1cc(OCC(=O)O)ccc1NC(=O)c1cn(C)nc1C. The number of ether oxygens (including phenoxy) is 1. The van der Waals surface area contributed by atoms with Crippen LogP contribution < -0.4 is 10.1 Å². The molecular formula is C15H17N3O4. The third-order valence-electron chi connectivity index (χ3n) is 3.07. The van der Waals surface area contributed by atoms with Gasteiger partial charge in [0.1, 0.15) is 5.75 Å². The third kappa shape index (κ3) is 3.63. The lowest BCUT2D eigenvalue weighted by molar-refractivity contribution is -0.139. The number of carbonyl (C=O) groups is 2. The molecule has 0 atom stereocenters. The topological polar surface area (TPSA) is 93.5 Å². The highest BCUT2D eigenvalue weighted by molar-refractivity contribution is 6.05. The second-order valence-electron chi connectivity index (χ2n) is 4.92. The molecule has 7 heteroatoms. The summed E-state index contributed by atoms with van der Waals surface area (Å²) in [5, 5.41) is 15.5. The van der Waals surface area contributed by atoms with Gasteiger partial charge in [-0.25, -0.2) is 4.79 Å². The summed E-state index contributed by atoms with van der Waals surface area (Å²) in [7, 11) is 1.75. The molecule has 0 radical (unpaired) electrons. The molecule has 0 fully saturated rings. The largest absolute Gasteiger partial charge is 0.482 e. The van der Waals surface area contributed by atoms with Crippen LogP contribution in [-0.4, -0.2) is 33.4 Å². The van der Waals surface area contributed by atoms with Crippen LogP contribution in [0.25, 0.3) is 0 Å². The van der Waals surface area contributed by atoms with Gasteiger partial charge in [0, 0.05) is 18.9 Å². The second kappa shape index (κ2) is 6.30. The summed E-state index contributed by atoms with van der Waals surface area (Å²) in [5.41, 5.74) is 2.57. The van der Waals surface area contributed by atoms with Crippen molar-refractivity contribution in [2.75, 3.05) is 11.9 Å². The van der Waals surface area contributed by atoms with Gasteiger partial charge < -0.3 is 15.2 Å². The zero-order valence-corrected chi connectivity index (χ0v) is 12.6. The van der Waals surface area contributed by atoms with Gasteiger partial charge >= 0.3 is 5.97 Å². The van der Waals surface area contributed by atoms with Crippen molar-refractivity contribution in [2.45, 2.75) is 13.8 Å². The zero-order valence-electron chi connectivity index (χ0n) is 12.6. The summed E-state index contributed by atoms with van der Waals surface area (Å²) in [6.45, 7) is 3.17. The summed E-state index contributed by atoms with van der Waals surface area (Å²) < 4.78 is 6.67. The third-order valence-corrected chi connectivity index (χ3v) is 3.07. The quantitative estimate of drug-likeness (QED) is 0.877. The molecule has 116 valence electrons. The molecule has 0 aliphatic rings. The molecule has 0 spiro atoms. The summed E-state index contributed by atoms with van der Waals surface area (Å²) in [5.74, 6) is -0.842. The van der Waals surface area contributed by atoms with Crippen LogP contribution in [-0.2, 0) is 11.8 Å². The van der Waals surface area contributed by atoms with Gasteiger partial charge in [-0.1, -0.05) is 0 Å². The van der Waals surface area contributed by atoms with Gasteiger partial charge in [-0.3, -0.25) is 9.48 Å².